The molecule has 1 aliphatic heterocycles. The molecule has 1 aliphatic rings. The summed E-state index contributed by atoms with van der Waals surface area (Å²) in [6, 6.07) is 2.35. The third kappa shape index (κ3) is 3.42. The third-order valence-electron chi connectivity index (χ3n) is 4.19. The summed E-state index contributed by atoms with van der Waals surface area (Å²) in [4.78, 5) is 18.2. The number of alkyl halides is 3. The van der Waals surface area contributed by atoms with Crippen molar-refractivity contribution in [1.29, 1.82) is 0 Å². The summed E-state index contributed by atoms with van der Waals surface area (Å²) in [6.07, 6.45) is 1.63. The fourth-order valence-electron chi connectivity index (χ4n) is 2.97. The molecule has 0 radical (unpaired) electrons. The van der Waals surface area contributed by atoms with Crippen LogP contribution in [0.1, 0.15) is 35.2 Å². The molecular formula is C16H17F3N4O. The molecule has 24 heavy (non-hydrogen) atoms. The van der Waals surface area contributed by atoms with Crippen molar-refractivity contribution in [3.63, 3.8) is 0 Å². The van der Waals surface area contributed by atoms with Crippen molar-refractivity contribution >= 4 is 11.6 Å². The van der Waals surface area contributed by atoms with Gasteiger partial charge in [0.2, 0.25) is 0 Å². The standard InChI is InChI=1S/C16H17F3N4O/c1-22-10-11(8-21-22)14(24)7-13-3-2-6-23(13)15-5-4-12(9-20-15)16(17,18)19/h4-5,8-10,13H,2-3,6-7H2,1H3/t13-/m0/s1. The number of nitrogens with zero attached hydrogens (tertiary/aromatic N) is 4. The molecule has 1 atom stereocenters. The highest BCUT2D eigenvalue weighted by atomic mass is 19.4. The van der Waals surface area contributed by atoms with Crippen LogP contribution >= 0.6 is 0 Å². The summed E-state index contributed by atoms with van der Waals surface area (Å²) in [5.41, 5.74) is -0.224. The Labute approximate surface area is 137 Å². The lowest BCUT2D eigenvalue weighted by Crippen LogP contribution is -2.32. The van der Waals surface area contributed by atoms with Crippen molar-refractivity contribution in [2.75, 3.05) is 11.4 Å². The third-order valence-corrected chi connectivity index (χ3v) is 4.19. The highest BCUT2D eigenvalue weighted by Crippen LogP contribution is 2.31. The largest absolute Gasteiger partial charge is 0.417 e. The van der Waals surface area contributed by atoms with E-state index in [9.17, 15) is 18.0 Å². The fraction of sp³-hybridized carbons (Fsp3) is 0.438. The smallest absolute Gasteiger partial charge is 0.353 e. The number of hydrogen-bond donors (Lipinski definition) is 0. The van der Waals surface area contributed by atoms with Crippen molar-refractivity contribution in [2.45, 2.75) is 31.5 Å². The van der Waals surface area contributed by atoms with Crippen LogP contribution in [0.4, 0.5) is 19.0 Å². The van der Waals surface area contributed by atoms with Gasteiger partial charge in [0.05, 0.1) is 17.3 Å². The second-order valence-electron chi connectivity index (χ2n) is 5.92. The Morgan fingerprint density at radius 2 is 2.12 bits per heavy atom. The molecule has 5 nitrogen and oxygen atoms in total. The number of aromatic nitrogens is 3. The number of halogens is 3. The van der Waals surface area contributed by atoms with Crippen molar-refractivity contribution in [3.05, 3.63) is 41.9 Å². The van der Waals surface area contributed by atoms with Gasteiger partial charge in [0, 0.05) is 38.4 Å². The van der Waals surface area contributed by atoms with Gasteiger partial charge < -0.3 is 4.90 Å². The zero-order valence-electron chi connectivity index (χ0n) is 13.1. The first-order chi connectivity index (χ1) is 11.3. The Balaban J connectivity index is 1.72. The Bertz CT molecular complexity index is 724. The number of ketones is 1. The van der Waals surface area contributed by atoms with Crippen LogP contribution in [0.3, 0.4) is 0 Å². The van der Waals surface area contributed by atoms with E-state index in [0.717, 1.165) is 25.1 Å². The molecule has 0 spiro atoms. The summed E-state index contributed by atoms with van der Waals surface area (Å²) in [6.45, 7) is 0.684. The first-order valence-electron chi connectivity index (χ1n) is 7.66. The van der Waals surface area contributed by atoms with Gasteiger partial charge in [0.15, 0.2) is 5.78 Å². The monoisotopic (exact) mass is 338 g/mol. The van der Waals surface area contributed by atoms with Crippen molar-refractivity contribution in [1.82, 2.24) is 14.8 Å². The average molecular weight is 338 g/mol. The summed E-state index contributed by atoms with van der Waals surface area (Å²) in [5.74, 6) is 0.455. The molecule has 3 rings (SSSR count). The molecule has 1 saturated heterocycles. The van der Waals surface area contributed by atoms with E-state index in [2.05, 4.69) is 10.1 Å². The molecule has 0 unspecified atom stereocenters. The van der Waals surface area contributed by atoms with Crippen LogP contribution in [-0.4, -0.2) is 33.1 Å². The molecule has 0 N–H and O–H groups in total. The van der Waals surface area contributed by atoms with E-state index in [-0.39, 0.29) is 11.8 Å². The number of Topliss-reactive ketones (excluding diaryl/α,β-unsaturated/α-hetero) is 1. The van der Waals surface area contributed by atoms with Crippen LogP contribution in [0, 0.1) is 0 Å². The second-order valence-corrected chi connectivity index (χ2v) is 5.92. The number of rotatable bonds is 4. The van der Waals surface area contributed by atoms with Gasteiger partial charge in [-0.3, -0.25) is 9.48 Å². The maximum atomic E-state index is 12.6. The van der Waals surface area contributed by atoms with Gasteiger partial charge in [-0.15, -0.1) is 0 Å². The molecule has 2 aromatic rings. The first-order valence-corrected chi connectivity index (χ1v) is 7.66. The van der Waals surface area contributed by atoms with E-state index in [1.165, 1.54) is 12.3 Å². The molecule has 0 amide bonds. The fourth-order valence-corrected chi connectivity index (χ4v) is 2.97. The molecule has 2 aromatic heterocycles. The summed E-state index contributed by atoms with van der Waals surface area (Å²) in [7, 11) is 1.74. The lowest BCUT2D eigenvalue weighted by atomic mass is 10.0. The quantitative estimate of drug-likeness (QED) is 0.804. The van der Waals surface area contributed by atoms with Crippen LogP contribution < -0.4 is 4.90 Å². The van der Waals surface area contributed by atoms with E-state index >= 15 is 0 Å². The van der Waals surface area contributed by atoms with Gasteiger partial charge in [-0.05, 0) is 25.0 Å². The Morgan fingerprint density at radius 1 is 1.33 bits per heavy atom. The zero-order chi connectivity index (χ0) is 17.3. The number of carbonyl (C=O) groups is 1. The predicted molar refractivity (Wildman–Crippen MR) is 81.8 cm³/mol. The summed E-state index contributed by atoms with van der Waals surface area (Å²) in [5, 5.41) is 3.99. The molecule has 0 saturated carbocycles. The number of aryl methyl sites for hydroxylation is 1. The van der Waals surface area contributed by atoms with Crippen molar-refractivity contribution in [3.8, 4) is 0 Å². The Morgan fingerprint density at radius 3 is 2.71 bits per heavy atom. The Kier molecular flexibility index (Phi) is 4.29. The first kappa shape index (κ1) is 16.5. The van der Waals surface area contributed by atoms with Gasteiger partial charge in [-0.2, -0.15) is 18.3 Å². The number of carbonyl (C=O) groups excluding carboxylic acids is 1. The van der Waals surface area contributed by atoms with Crippen molar-refractivity contribution < 1.29 is 18.0 Å². The molecule has 0 aliphatic carbocycles. The average Bonchev–Trinajstić information content (AvgIpc) is 3.15. The number of hydrogen-bond acceptors (Lipinski definition) is 4. The predicted octanol–water partition coefficient (Wildman–Crippen LogP) is 3.08. The van der Waals surface area contributed by atoms with Crippen molar-refractivity contribution in [2.24, 2.45) is 7.05 Å². The molecule has 0 bridgehead atoms. The van der Waals surface area contributed by atoms with Crippen LogP contribution in [0.5, 0.6) is 0 Å². The zero-order valence-corrected chi connectivity index (χ0v) is 13.1. The molecule has 8 heteroatoms. The minimum Gasteiger partial charge on any atom is -0.353 e. The van der Waals surface area contributed by atoms with E-state index in [1.54, 1.807) is 17.9 Å². The summed E-state index contributed by atoms with van der Waals surface area (Å²) < 4.78 is 39.5. The van der Waals surface area contributed by atoms with E-state index in [0.29, 0.717) is 24.3 Å². The lowest BCUT2D eigenvalue weighted by molar-refractivity contribution is -0.137. The number of pyridine rings is 1. The van der Waals surface area contributed by atoms with Gasteiger partial charge in [0.1, 0.15) is 5.82 Å². The van der Waals surface area contributed by atoms with Gasteiger partial charge in [0.25, 0.3) is 0 Å². The van der Waals surface area contributed by atoms with E-state index < -0.39 is 11.7 Å². The minimum atomic E-state index is -4.40. The van der Waals surface area contributed by atoms with Gasteiger partial charge >= 0.3 is 6.18 Å². The summed E-state index contributed by atoms with van der Waals surface area (Å²) >= 11 is 0. The highest BCUT2D eigenvalue weighted by Gasteiger charge is 2.32. The molecule has 3 heterocycles. The van der Waals surface area contributed by atoms with Crippen LogP contribution in [-0.2, 0) is 13.2 Å². The van der Waals surface area contributed by atoms with Crippen LogP contribution in [0.25, 0.3) is 0 Å². The molecule has 128 valence electrons. The maximum absolute atomic E-state index is 12.6. The normalized spacial score (nSPS) is 18.2. The van der Waals surface area contributed by atoms with E-state index in [1.807, 2.05) is 4.90 Å². The second kappa shape index (κ2) is 6.26. The lowest BCUT2D eigenvalue weighted by Gasteiger charge is -2.25. The van der Waals surface area contributed by atoms with E-state index in [4.69, 9.17) is 0 Å². The molecule has 0 aromatic carbocycles. The van der Waals surface area contributed by atoms with Gasteiger partial charge in [-0.25, -0.2) is 4.98 Å². The SMILES string of the molecule is Cn1cc(C(=O)C[C@@H]2CCCN2c2ccc(C(F)(F)F)cn2)cn1. The highest BCUT2D eigenvalue weighted by molar-refractivity contribution is 5.96. The molecular weight excluding hydrogens is 321 g/mol. The topological polar surface area (TPSA) is 51.0 Å². The Hall–Kier alpha value is -2.38. The minimum absolute atomic E-state index is 0.0214. The number of anilines is 1. The maximum Gasteiger partial charge on any atom is 0.417 e. The van der Waals surface area contributed by atoms with Crippen LogP contribution in [0.2, 0.25) is 0 Å². The van der Waals surface area contributed by atoms with Crippen LogP contribution in [0.15, 0.2) is 30.7 Å². The van der Waals surface area contributed by atoms with Gasteiger partial charge in [-0.1, -0.05) is 0 Å². The molecule has 1 fully saturated rings.